The van der Waals surface area contributed by atoms with Gasteiger partial charge in [-0.05, 0) is 42.3 Å². The molecular weight excluding hydrogens is 321 g/mol. The molecule has 0 saturated carbocycles. The zero-order valence-corrected chi connectivity index (χ0v) is 13.5. The van der Waals surface area contributed by atoms with Gasteiger partial charge in [0.25, 0.3) is 5.91 Å². The van der Waals surface area contributed by atoms with Gasteiger partial charge in [-0.15, -0.1) is 0 Å². The number of nitrogens with one attached hydrogen (secondary N) is 2. The fourth-order valence-corrected chi connectivity index (χ4v) is 2.34. The number of amides is 1. The molecule has 0 aliphatic heterocycles. The Bertz CT molecular complexity index is 817. The van der Waals surface area contributed by atoms with Crippen LogP contribution >= 0.6 is 0 Å². The zero-order valence-electron chi connectivity index (χ0n) is 13.5. The molecule has 0 aliphatic carbocycles. The lowest BCUT2D eigenvalue weighted by Crippen LogP contribution is -2.26. The third-order valence-corrected chi connectivity index (χ3v) is 3.69. The number of hydrogen-bond donors (Lipinski definition) is 2. The van der Waals surface area contributed by atoms with Gasteiger partial charge in [-0.3, -0.25) is 4.79 Å². The van der Waals surface area contributed by atoms with E-state index in [1.54, 1.807) is 36.6 Å². The molecule has 0 aliphatic rings. The lowest BCUT2D eigenvalue weighted by molar-refractivity contribution is 0.0953. The van der Waals surface area contributed by atoms with Crippen LogP contribution < -0.4 is 10.6 Å². The van der Waals surface area contributed by atoms with E-state index in [1.165, 1.54) is 12.3 Å². The van der Waals surface area contributed by atoms with Crippen LogP contribution in [-0.4, -0.2) is 17.4 Å². The van der Waals surface area contributed by atoms with Crippen molar-refractivity contribution in [3.8, 4) is 0 Å². The highest BCUT2D eigenvalue weighted by Crippen LogP contribution is 2.09. The van der Waals surface area contributed by atoms with E-state index in [0.717, 1.165) is 5.76 Å². The maximum absolute atomic E-state index is 13.5. The largest absolute Gasteiger partial charge is 0.467 e. The summed E-state index contributed by atoms with van der Waals surface area (Å²) in [5, 5.41) is 5.87. The molecule has 0 radical (unpaired) electrons. The molecule has 128 valence electrons. The lowest BCUT2D eigenvalue weighted by atomic mass is 10.1. The van der Waals surface area contributed by atoms with Crippen LogP contribution in [-0.2, 0) is 13.0 Å². The van der Waals surface area contributed by atoms with Gasteiger partial charge >= 0.3 is 0 Å². The monoisotopic (exact) mass is 339 g/mol. The molecule has 0 atom stereocenters. The Morgan fingerprint density at radius 1 is 1.12 bits per heavy atom. The minimum absolute atomic E-state index is 0.235. The van der Waals surface area contributed by atoms with E-state index in [0.29, 0.717) is 36.5 Å². The van der Waals surface area contributed by atoms with Crippen molar-refractivity contribution in [2.24, 2.45) is 0 Å². The zero-order chi connectivity index (χ0) is 17.5. The number of anilines is 1. The molecule has 1 aromatic carbocycles. The molecule has 2 N–H and O–H groups in total. The van der Waals surface area contributed by atoms with Crippen LogP contribution in [0.2, 0.25) is 0 Å². The number of furan rings is 1. The molecule has 0 bridgehead atoms. The molecule has 1 amide bonds. The average Bonchev–Trinajstić information content (AvgIpc) is 3.15. The number of carbonyl (C=O) groups is 1. The van der Waals surface area contributed by atoms with Gasteiger partial charge in [-0.2, -0.15) is 0 Å². The molecule has 3 aromatic rings. The van der Waals surface area contributed by atoms with Crippen LogP contribution in [0.5, 0.6) is 0 Å². The first-order chi connectivity index (χ1) is 12.2. The number of hydrogen-bond acceptors (Lipinski definition) is 4. The quantitative estimate of drug-likeness (QED) is 0.692. The first kappa shape index (κ1) is 16.7. The first-order valence-electron chi connectivity index (χ1n) is 7.96. The smallest absolute Gasteiger partial charge is 0.252 e. The Balaban J connectivity index is 1.48. The maximum atomic E-state index is 13.5. The summed E-state index contributed by atoms with van der Waals surface area (Å²) in [7, 11) is 0. The van der Waals surface area contributed by atoms with Gasteiger partial charge in [-0.25, -0.2) is 9.37 Å². The summed E-state index contributed by atoms with van der Waals surface area (Å²) in [6, 6.07) is 13.6. The van der Waals surface area contributed by atoms with Gasteiger partial charge < -0.3 is 15.1 Å². The molecule has 0 unspecified atom stereocenters. The minimum atomic E-state index is -0.259. The van der Waals surface area contributed by atoms with Gasteiger partial charge in [0.2, 0.25) is 0 Å². The second-order valence-electron chi connectivity index (χ2n) is 5.46. The summed E-state index contributed by atoms with van der Waals surface area (Å²) < 4.78 is 18.7. The number of rotatable bonds is 7. The van der Waals surface area contributed by atoms with E-state index in [4.69, 9.17) is 4.42 Å². The minimum Gasteiger partial charge on any atom is -0.467 e. The van der Waals surface area contributed by atoms with Gasteiger partial charge in [0.05, 0.1) is 18.4 Å². The van der Waals surface area contributed by atoms with Crippen molar-refractivity contribution in [1.29, 1.82) is 0 Å². The lowest BCUT2D eigenvalue weighted by Gasteiger charge is -2.07. The van der Waals surface area contributed by atoms with Crippen LogP contribution in [0.4, 0.5) is 10.2 Å². The maximum Gasteiger partial charge on any atom is 0.252 e. The number of aromatic nitrogens is 1. The highest BCUT2D eigenvalue weighted by atomic mass is 19.1. The van der Waals surface area contributed by atoms with Crippen LogP contribution in [0.1, 0.15) is 21.7 Å². The first-order valence-corrected chi connectivity index (χ1v) is 7.96. The van der Waals surface area contributed by atoms with E-state index < -0.39 is 0 Å². The van der Waals surface area contributed by atoms with Gasteiger partial charge in [0, 0.05) is 12.7 Å². The van der Waals surface area contributed by atoms with E-state index in [1.807, 2.05) is 12.1 Å². The Labute approximate surface area is 144 Å². The number of nitrogens with zero attached hydrogens (tertiary/aromatic N) is 1. The molecule has 2 heterocycles. The summed E-state index contributed by atoms with van der Waals surface area (Å²) in [5.74, 6) is 0.961. The third kappa shape index (κ3) is 4.67. The Morgan fingerprint density at radius 2 is 2.00 bits per heavy atom. The standard InChI is InChI=1S/C19H18FN3O2/c20-17-6-2-1-4-14(17)9-10-21-19(24)15-7-8-18(22-12-15)23-13-16-5-3-11-25-16/h1-8,11-12H,9-10,13H2,(H,21,24)(H,22,23). The predicted octanol–water partition coefficient (Wildman–Crippen LogP) is 3.40. The highest BCUT2D eigenvalue weighted by Gasteiger charge is 2.07. The van der Waals surface area contributed by atoms with Crippen molar-refractivity contribution in [2.75, 3.05) is 11.9 Å². The molecule has 3 rings (SSSR count). The summed E-state index contributed by atoms with van der Waals surface area (Å²) in [6.45, 7) is 0.881. The molecule has 0 spiro atoms. The number of benzene rings is 1. The van der Waals surface area contributed by atoms with Gasteiger partial charge in [-0.1, -0.05) is 18.2 Å². The molecule has 6 heteroatoms. The number of carbonyl (C=O) groups excluding carboxylic acids is 1. The normalized spacial score (nSPS) is 10.4. The fourth-order valence-electron chi connectivity index (χ4n) is 2.34. The second-order valence-corrected chi connectivity index (χ2v) is 5.46. The highest BCUT2D eigenvalue weighted by molar-refractivity contribution is 5.94. The van der Waals surface area contributed by atoms with Crippen LogP contribution in [0, 0.1) is 5.82 Å². The number of pyridine rings is 1. The molecule has 25 heavy (non-hydrogen) atoms. The van der Waals surface area contributed by atoms with E-state index in [2.05, 4.69) is 15.6 Å². The molecule has 5 nitrogen and oxygen atoms in total. The van der Waals surface area contributed by atoms with Crippen LogP contribution in [0.3, 0.4) is 0 Å². The summed E-state index contributed by atoms with van der Waals surface area (Å²) in [6.07, 6.45) is 3.55. The number of halogens is 1. The predicted molar refractivity (Wildman–Crippen MR) is 92.7 cm³/mol. The Morgan fingerprint density at radius 3 is 2.72 bits per heavy atom. The molecule has 2 aromatic heterocycles. The Kier molecular flexibility index (Phi) is 5.41. The van der Waals surface area contributed by atoms with Crippen molar-refractivity contribution in [3.63, 3.8) is 0 Å². The van der Waals surface area contributed by atoms with Crippen molar-refractivity contribution in [1.82, 2.24) is 10.3 Å². The van der Waals surface area contributed by atoms with Crippen LogP contribution in [0.25, 0.3) is 0 Å². The SMILES string of the molecule is O=C(NCCc1ccccc1F)c1ccc(NCc2ccco2)nc1. The Hall–Kier alpha value is -3.15. The average molecular weight is 339 g/mol. The third-order valence-electron chi connectivity index (χ3n) is 3.69. The molecular formula is C19H18FN3O2. The second kappa shape index (κ2) is 8.10. The van der Waals surface area contributed by atoms with Gasteiger partial charge in [0.15, 0.2) is 0 Å². The molecule has 0 saturated heterocycles. The van der Waals surface area contributed by atoms with Crippen LogP contribution in [0.15, 0.2) is 65.4 Å². The summed E-state index contributed by atoms with van der Waals surface area (Å²) >= 11 is 0. The summed E-state index contributed by atoms with van der Waals surface area (Å²) in [4.78, 5) is 16.3. The van der Waals surface area contributed by atoms with Crippen molar-refractivity contribution in [2.45, 2.75) is 13.0 Å². The molecule has 0 fully saturated rings. The van der Waals surface area contributed by atoms with Crippen molar-refractivity contribution in [3.05, 3.63) is 83.7 Å². The fraction of sp³-hybridized carbons (Fsp3) is 0.158. The van der Waals surface area contributed by atoms with E-state index >= 15 is 0 Å². The van der Waals surface area contributed by atoms with E-state index in [-0.39, 0.29) is 11.7 Å². The van der Waals surface area contributed by atoms with Crippen molar-refractivity contribution >= 4 is 11.7 Å². The summed E-state index contributed by atoms with van der Waals surface area (Å²) in [5.41, 5.74) is 1.04. The van der Waals surface area contributed by atoms with Crippen molar-refractivity contribution < 1.29 is 13.6 Å². The topological polar surface area (TPSA) is 67.2 Å². The van der Waals surface area contributed by atoms with E-state index in [9.17, 15) is 9.18 Å². The van der Waals surface area contributed by atoms with Gasteiger partial charge in [0.1, 0.15) is 17.4 Å².